The summed E-state index contributed by atoms with van der Waals surface area (Å²) in [6.07, 6.45) is 3.66. The van der Waals surface area contributed by atoms with E-state index in [4.69, 9.17) is 5.73 Å². The molecule has 27 heavy (non-hydrogen) atoms. The fourth-order valence-electron chi connectivity index (χ4n) is 3.51. The van der Waals surface area contributed by atoms with Crippen LogP contribution >= 0.6 is 0 Å². The molecule has 5 nitrogen and oxygen atoms in total. The minimum atomic E-state index is -0.585. The number of rotatable bonds is 4. The Hall–Kier alpha value is -3.47. The van der Waals surface area contributed by atoms with Crippen LogP contribution < -0.4 is 5.73 Å². The van der Waals surface area contributed by atoms with Crippen molar-refractivity contribution in [1.29, 1.82) is 0 Å². The van der Waals surface area contributed by atoms with E-state index >= 15 is 0 Å². The summed E-state index contributed by atoms with van der Waals surface area (Å²) in [5.74, 6) is -0.685. The van der Waals surface area contributed by atoms with Gasteiger partial charge in [0.15, 0.2) is 0 Å². The molecule has 0 spiro atoms. The molecule has 2 aromatic carbocycles. The van der Waals surface area contributed by atoms with E-state index in [1.165, 1.54) is 0 Å². The lowest BCUT2D eigenvalue weighted by Gasteiger charge is -2.15. The van der Waals surface area contributed by atoms with E-state index in [-0.39, 0.29) is 18.0 Å². The zero-order valence-corrected chi connectivity index (χ0v) is 15.0. The molecule has 0 fully saturated rings. The Bertz CT molecular complexity index is 1120. The maximum atomic E-state index is 12.7. The standard InChI is InChI=1S/C22H19N3O2/c1-13-7-17(10-24-9-13)16-4-3-15-5-6-18-20(19(15)8-16)12-25(22(18)27)11-14(2)21(23)26/h3-10H,2,11-12H2,1H3,(H2,23,26). The Morgan fingerprint density at radius 3 is 2.70 bits per heavy atom. The Morgan fingerprint density at radius 2 is 1.96 bits per heavy atom. The third-order valence-corrected chi connectivity index (χ3v) is 4.94. The smallest absolute Gasteiger partial charge is 0.254 e. The fourth-order valence-corrected chi connectivity index (χ4v) is 3.51. The van der Waals surface area contributed by atoms with E-state index in [0.717, 1.165) is 33.0 Å². The molecule has 0 radical (unpaired) electrons. The highest BCUT2D eigenvalue weighted by Gasteiger charge is 2.29. The summed E-state index contributed by atoms with van der Waals surface area (Å²) in [5.41, 5.74) is 10.3. The van der Waals surface area contributed by atoms with Gasteiger partial charge in [0.25, 0.3) is 5.91 Å². The topological polar surface area (TPSA) is 76.3 Å². The van der Waals surface area contributed by atoms with Crippen LogP contribution in [0, 0.1) is 6.92 Å². The second-order valence-electron chi connectivity index (χ2n) is 6.91. The Balaban J connectivity index is 1.77. The zero-order chi connectivity index (χ0) is 19.1. The lowest BCUT2D eigenvalue weighted by atomic mass is 9.96. The van der Waals surface area contributed by atoms with Crippen LogP contribution in [0.25, 0.3) is 21.9 Å². The van der Waals surface area contributed by atoms with Gasteiger partial charge < -0.3 is 10.6 Å². The number of aromatic nitrogens is 1. The van der Waals surface area contributed by atoms with Gasteiger partial charge in [-0.3, -0.25) is 14.6 Å². The Labute approximate surface area is 157 Å². The zero-order valence-electron chi connectivity index (χ0n) is 15.0. The molecule has 5 heteroatoms. The van der Waals surface area contributed by atoms with Gasteiger partial charge in [0.1, 0.15) is 0 Å². The molecular formula is C22H19N3O2. The van der Waals surface area contributed by atoms with Crippen LogP contribution in [-0.2, 0) is 11.3 Å². The number of aryl methyl sites for hydroxylation is 1. The normalized spacial score (nSPS) is 13.1. The molecule has 2 N–H and O–H groups in total. The molecule has 4 rings (SSSR count). The molecule has 0 saturated carbocycles. The molecule has 0 bridgehead atoms. The van der Waals surface area contributed by atoms with Gasteiger partial charge in [0, 0.05) is 35.6 Å². The molecule has 3 aromatic rings. The van der Waals surface area contributed by atoms with Crippen LogP contribution in [0.4, 0.5) is 0 Å². The maximum Gasteiger partial charge on any atom is 0.254 e. The molecule has 0 aliphatic carbocycles. The van der Waals surface area contributed by atoms with Gasteiger partial charge >= 0.3 is 0 Å². The van der Waals surface area contributed by atoms with Crippen molar-refractivity contribution in [2.24, 2.45) is 5.73 Å². The van der Waals surface area contributed by atoms with Crippen molar-refractivity contribution in [3.63, 3.8) is 0 Å². The second-order valence-corrected chi connectivity index (χ2v) is 6.91. The number of carbonyl (C=O) groups is 2. The summed E-state index contributed by atoms with van der Waals surface area (Å²) in [7, 11) is 0. The summed E-state index contributed by atoms with van der Waals surface area (Å²) in [4.78, 5) is 29.9. The van der Waals surface area contributed by atoms with Crippen LogP contribution in [0.15, 0.2) is 60.9 Å². The first-order valence-corrected chi connectivity index (χ1v) is 8.68. The van der Waals surface area contributed by atoms with Crippen molar-refractivity contribution in [1.82, 2.24) is 9.88 Å². The molecule has 1 aliphatic heterocycles. The lowest BCUT2D eigenvalue weighted by Crippen LogP contribution is -2.30. The minimum Gasteiger partial charge on any atom is -0.366 e. The van der Waals surface area contributed by atoms with Gasteiger partial charge in [-0.25, -0.2) is 0 Å². The third-order valence-electron chi connectivity index (χ3n) is 4.94. The second kappa shape index (κ2) is 6.36. The van der Waals surface area contributed by atoms with Crippen LogP contribution in [0.1, 0.15) is 21.5 Å². The molecule has 134 valence electrons. The number of amides is 2. The van der Waals surface area contributed by atoms with Crippen molar-refractivity contribution in [3.05, 3.63) is 77.6 Å². The van der Waals surface area contributed by atoms with Gasteiger partial charge in [-0.15, -0.1) is 0 Å². The monoisotopic (exact) mass is 357 g/mol. The van der Waals surface area contributed by atoms with Gasteiger partial charge in [-0.1, -0.05) is 24.8 Å². The van der Waals surface area contributed by atoms with Crippen molar-refractivity contribution >= 4 is 22.6 Å². The van der Waals surface area contributed by atoms with E-state index in [1.807, 2.05) is 31.5 Å². The highest BCUT2D eigenvalue weighted by Crippen LogP contribution is 2.33. The average Bonchev–Trinajstić information content (AvgIpc) is 2.97. The van der Waals surface area contributed by atoms with Crippen molar-refractivity contribution in [3.8, 4) is 11.1 Å². The highest BCUT2D eigenvalue weighted by atomic mass is 16.2. The van der Waals surface area contributed by atoms with Crippen molar-refractivity contribution in [2.45, 2.75) is 13.5 Å². The number of fused-ring (bicyclic) bond motifs is 3. The number of nitrogens with zero attached hydrogens (tertiary/aromatic N) is 2. The van der Waals surface area contributed by atoms with Gasteiger partial charge in [-0.05, 0) is 52.6 Å². The molecule has 1 aliphatic rings. The van der Waals surface area contributed by atoms with Crippen LogP contribution in [-0.4, -0.2) is 28.2 Å². The predicted molar refractivity (Wildman–Crippen MR) is 105 cm³/mol. The SMILES string of the molecule is C=C(CN1Cc2c(ccc3ccc(-c4cncc(C)c4)cc23)C1=O)C(N)=O. The summed E-state index contributed by atoms with van der Waals surface area (Å²) in [6, 6.07) is 12.1. The highest BCUT2D eigenvalue weighted by molar-refractivity contribution is 6.05. The van der Waals surface area contributed by atoms with E-state index in [1.54, 1.807) is 4.90 Å². The first-order chi connectivity index (χ1) is 12.9. The van der Waals surface area contributed by atoms with E-state index in [9.17, 15) is 9.59 Å². The van der Waals surface area contributed by atoms with Crippen molar-refractivity contribution in [2.75, 3.05) is 6.54 Å². The van der Waals surface area contributed by atoms with E-state index in [2.05, 4.69) is 35.8 Å². The quantitative estimate of drug-likeness (QED) is 0.729. The number of primary amides is 1. The molecule has 1 aromatic heterocycles. The number of nitrogens with two attached hydrogens (primary N) is 1. The van der Waals surface area contributed by atoms with Crippen molar-refractivity contribution < 1.29 is 9.59 Å². The maximum absolute atomic E-state index is 12.7. The Morgan fingerprint density at radius 1 is 1.19 bits per heavy atom. The number of pyridine rings is 1. The molecule has 0 unspecified atom stereocenters. The fraction of sp³-hybridized carbons (Fsp3) is 0.136. The summed E-state index contributed by atoms with van der Waals surface area (Å²) >= 11 is 0. The predicted octanol–water partition coefficient (Wildman–Crippen LogP) is 3.21. The summed E-state index contributed by atoms with van der Waals surface area (Å²) < 4.78 is 0. The molecule has 2 heterocycles. The summed E-state index contributed by atoms with van der Waals surface area (Å²) in [5, 5.41) is 2.11. The van der Waals surface area contributed by atoms with Crippen LogP contribution in [0.3, 0.4) is 0 Å². The number of hydrogen-bond donors (Lipinski definition) is 1. The lowest BCUT2D eigenvalue weighted by molar-refractivity contribution is -0.114. The summed E-state index contributed by atoms with van der Waals surface area (Å²) in [6.45, 7) is 6.26. The number of carbonyl (C=O) groups excluding carboxylic acids is 2. The Kier molecular flexibility index (Phi) is 4.00. The minimum absolute atomic E-state index is 0.100. The van der Waals surface area contributed by atoms with E-state index < -0.39 is 5.91 Å². The third kappa shape index (κ3) is 2.97. The number of benzene rings is 2. The van der Waals surface area contributed by atoms with Gasteiger partial charge in [0.05, 0.1) is 6.54 Å². The molecular weight excluding hydrogens is 338 g/mol. The molecule has 0 atom stereocenters. The first kappa shape index (κ1) is 17.0. The molecule has 2 amide bonds. The average molecular weight is 357 g/mol. The van der Waals surface area contributed by atoms with Gasteiger partial charge in [0.2, 0.25) is 5.91 Å². The largest absolute Gasteiger partial charge is 0.366 e. The number of hydrogen-bond acceptors (Lipinski definition) is 3. The van der Waals surface area contributed by atoms with Crippen LogP contribution in [0.5, 0.6) is 0 Å². The van der Waals surface area contributed by atoms with Gasteiger partial charge in [-0.2, -0.15) is 0 Å². The van der Waals surface area contributed by atoms with E-state index in [0.29, 0.717) is 12.1 Å². The first-order valence-electron chi connectivity index (χ1n) is 8.68. The molecule has 0 saturated heterocycles. The van der Waals surface area contributed by atoms with Crippen LogP contribution in [0.2, 0.25) is 0 Å².